The highest BCUT2D eigenvalue weighted by Gasteiger charge is 2.28. The molecule has 1 aliphatic heterocycles. The number of nitrogens with zero attached hydrogens (tertiary/aromatic N) is 1. The van der Waals surface area contributed by atoms with Crippen LogP contribution in [0.2, 0.25) is 0 Å². The van der Waals surface area contributed by atoms with Gasteiger partial charge < -0.3 is 14.8 Å². The Hall–Kier alpha value is -1.46. The number of rotatable bonds is 9. The molecule has 0 radical (unpaired) electrons. The first-order valence-electron chi connectivity index (χ1n) is 9.99. The van der Waals surface area contributed by atoms with Gasteiger partial charge in [-0.25, -0.2) is 0 Å². The van der Waals surface area contributed by atoms with Crippen LogP contribution >= 0.6 is 0 Å². The summed E-state index contributed by atoms with van der Waals surface area (Å²) in [5, 5.41) is 3.21. The Kier molecular flexibility index (Phi) is 9.06. The summed E-state index contributed by atoms with van der Waals surface area (Å²) >= 11 is 0. The number of carbonyl (C=O) groups is 1. The molecule has 1 atom stereocenters. The van der Waals surface area contributed by atoms with Crippen molar-refractivity contribution in [3.8, 4) is 0 Å². The number of amides is 1. The largest absolute Gasteiger partial charge is 0.353 e. The second-order valence-electron chi connectivity index (χ2n) is 7.33. The molecule has 0 bridgehead atoms. The molecule has 2 aliphatic rings. The molecule has 2 rings (SSSR count). The number of hydrogen-bond acceptors (Lipinski definition) is 4. The van der Waals surface area contributed by atoms with E-state index in [2.05, 4.69) is 24.2 Å². The topological polar surface area (TPSA) is 59.9 Å². The first-order chi connectivity index (χ1) is 12.6. The average Bonchev–Trinajstić information content (AvgIpc) is 2.61. The molecule has 1 saturated heterocycles. The summed E-state index contributed by atoms with van der Waals surface area (Å²) in [5.74, 6) is 0.358. The highest BCUT2D eigenvalue weighted by molar-refractivity contribution is 5.80. The van der Waals surface area contributed by atoms with Crippen LogP contribution in [0.25, 0.3) is 0 Å². The summed E-state index contributed by atoms with van der Waals surface area (Å²) in [6.45, 7) is 7.76. The van der Waals surface area contributed by atoms with Gasteiger partial charge >= 0.3 is 0 Å². The fourth-order valence-electron chi connectivity index (χ4n) is 2.92. The van der Waals surface area contributed by atoms with Crippen molar-refractivity contribution in [2.45, 2.75) is 78.0 Å². The molecule has 1 amide bonds. The molecule has 0 aromatic rings. The third kappa shape index (κ3) is 7.04. The zero-order valence-electron chi connectivity index (χ0n) is 16.5. The second-order valence-corrected chi connectivity index (χ2v) is 7.33. The Bertz CT molecular complexity index is 529. The SMILES string of the molecule is CCC(C)=CC=N/C=C(\C)C(CCC1OCCCO1)NC(=O)C1CCC1. The third-order valence-corrected chi connectivity index (χ3v) is 5.21. The van der Waals surface area contributed by atoms with Crippen LogP contribution in [0.1, 0.15) is 65.7 Å². The molecule has 2 fully saturated rings. The summed E-state index contributed by atoms with van der Waals surface area (Å²) < 4.78 is 11.3. The van der Waals surface area contributed by atoms with Crippen LogP contribution in [0.15, 0.2) is 28.4 Å². The van der Waals surface area contributed by atoms with E-state index in [0.717, 1.165) is 63.7 Å². The maximum Gasteiger partial charge on any atom is 0.223 e. The van der Waals surface area contributed by atoms with E-state index >= 15 is 0 Å². The summed E-state index contributed by atoms with van der Waals surface area (Å²) in [6.07, 6.45) is 12.3. The van der Waals surface area contributed by atoms with Gasteiger partial charge in [0.2, 0.25) is 5.91 Å². The Balaban J connectivity index is 1.93. The average molecular weight is 363 g/mol. The van der Waals surface area contributed by atoms with E-state index < -0.39 is 0 Å². The van der Waals surface area contributed by atoms with Crippen molar-refractivity contribution in [1.82, 2.24) is 5.32 Å². The van der Waals surface area contributed by atoms with Crippen LogP contribution in [-0.2, 0) is 14.3 Å². The molecule has 1 unspecified atom stereocenters. The standard InChI is InChI=1S/C21H34N2O3/c1-4-16(2)11-12-22-15-17(3)19(23-21(24)18-7-5-8-18)9-10-20-25-13-6-14-26-20/h11-12,15,18-20H,4-10,13-14H2,1-3H3,(H,23,24)/b16-11?,17-15+,22-12?. The summed E-state index contributed by atoms with van der Waals surface area (Å²) in [7, 11) is 0. The van der Waals surface area contributed by atoms with E-state index in [0.29, 0.717) is 0 Å². The van der Waals surface area contributed by atoms with Crippen molar-refractivity contribution in [1.29, 1.82) is 0 Å². The minimum Gasteiger partial charge on any atom is -0.353 e. The van der Waals surface area contributed by atoms with Crippen LogP contribution in [0.4, 0.5) is 0 Å². The third-order valence-electron chi connectivity index (χ3n) is 5.21. The Morgan fingerprint density at radius 2 is 1.96 bits per heavy atom. The molecule has 0 spiro atoms. The Morgan fingerprint density at radius 3 is 2.58 bits per heavy atom. The predicted octanol–water partition coefficient (Wildman–Crippen LogP) is 4.15. The van der Waals surface area contributed by atoms with Crippen LogP contribution in [-0.4, -0.2) is 37.7 Å². The fraction of sp³-hybridized carbons (Fsp3) is 0.714. The lowest BCUT2D eigenvalue weighted by Crippen LogP contribution is -2.42. The number of hydrogen-bond donors (Lipinski definition) is 1. The quantitative estimate of drug-likeness (QED) is 0.627. The number of nitrogens with one attached hydrogen (secondary N) is 1. The Labute approximate surface area is 157 Å². The zero-order valence-corrected chi connectivity index (χ0v) is 16.5. The molecule has 146 valence electrons. The highest BCUT2D eigenvalue weighted by Crippen LogP contribution is 2.27. The molecule has 26 heavy (non-hydrogen) atoms. The van der Waals surface area contributed by atoms with E-state index in [1.165, 1.54) is 5.57 Å². The molecule has 0 aromatic heterocycles. The van der Waals surface area contributed by atoms with Crippen LogP contribution in [0.3, 0.4) is 0 Å². The van der Waals surface area contributed by atoms with Gasteiger partial charge in [0.1, 0.15) is 0 Å². The van der Waals surface area contributed by atoms with Gasteiger partial charge in [0, 0.05) is 24.8 Å². The normalized spacial score (nSPS) is 21.7. The van der Waals surface area contributed by atoms with Crippen molar-refractivity contribution in [3.05, 3.63) is 23.4 Å². The van der Waals surface area contributed by atoms with E-state index in [4.69, 9.17) is 9.47 Å². The van der Waals surface area contributed by atoms with Crippen molar-refractivity contribution >= 4 is 12.1 Å². The summed E-state index contributed by atoms with van der Waals surface area (Å²) in [5.41, 5.74) is 2.36. The molecule has 5 nitrogen and oxygen atoms in total. The smallest absolute Gasteiger partial charge is 0.223 e. The molecule has 1 heterocycles. The van der Waals surface area contributed by atoms with Gasteiger partial charge in [-0.15, -0.1) is 0 Å². The lowest BCUT2D eigenvalue weighted by molar-refractivity contribution is -0.182. The van der Waals surface area contributed by atoms with E-state index in [9.17, 15) is 4.79 Å². The Morgan fingerprint density at radius 1 is 1.23 bits per heavy atom. The van der Waals surface area contributed by atoms with E-state index in [1.54, 1.807) is 0 Å². The van der Waals surface area contributed by atoms with Gasteiger partial charge in [-0.3, -0.25) is 9.79 Å². The summed E-state index contributed by atoms with van der Waals surface area (Å²) in [6, 6.07) is -0.0226. The maximum absolute atomic E-state index is 12.4. The van der Waals surface area contributed by atoms with Gasteiger partial charge in [0.05, 0.1) is 19.3 Å². The van der Waals surface area contributed by atoms with Crippen molar-refractivity contribution in [3.63, 3.8) is 0 Å². The minimum absolute atomic E-state index is 0.0226. The summed E-state index contributed by atoms with van der Waals surface area (Å²) in [4.78, 5) is 16.8. The second kappa shape index (κ2) is 11.3. The maximum atomic E-state index is 12.4. The molecule has 1 aliphatic carbocycles. The predicted molar refractivity (Wildman–Crippen MR) is 105 cm³/mol. The monoisotopic (exact) mass is 362 g/mol. The number of carbonyl (C=O) groups excluding carboxylic acids is 1. The lowest BCUT2D eigenvalue weighted by atomic mass is 9.84. The fourth-order valence-corrected chi connectivity index (χ4v) is 2.92. The van der Waals surface area contributed by atoms with Gasteiger partial charge in [0.25, 0.3) is 0 Å². The number of allylic oxidation sites excluding steroid dienone is 2. The number of ether oxygens (including phenoxy) is 2. The van der Waals surface area contributed by atoms with Gasteiger partial charge in [-0.1, -0.05) is 18.9 Å². The van der Waals surface area contributed by atoms with Crippen LogP contribution in [0.5, 0.6) is 0 Å². The first kappa shape index (κ1) is 20.8. The zero-order chi connectivity index (χ0) is 18.8. The van der Waals surface area contributed by atoms with Crippen LogP contribution < -0.4 is 5.32 Å². The molecular formula is C21H34N2O3. The molecule has 1 N–H and O–H groups in total. The first-order valence-corrected chi connectivity index (χ1v) is 9.99. The minimum atomic E-state index is -0.154. The van der Waals surface area contributed by atoms with Gasteiger partial charge in [0.15, 0.2) is 6.29 Å². The molecule has 0 aromatic carbocycles. The molecule has 5 heteroatoms. The van der Waals surface area contributed by atoms with Crippen LogP contribution in [0, 0.1) is 5.92 Å². The van der Waals surface area contributed by atoms with E-state index in [-0.39, 0.29) is 24.2 Å². The van der Waals surface area contributed by atoms with Gasteiger partial charge in [-0.05, 0) is 57.6 Å². The van der Waals surface area contributed by atoms with Crippen molar-refractivity contribution in [2.75, 3.05) is 13.2 Å². The molecular weight excluding hydrogens is 328 g/mol. The molecule has 1 saturated carbocycles. The van der Waals surface area contributed by atoms with Crippen molar-refractivity contribution in [2.24, 2.45) is 10.9 Å². The number of aliphatic imine (C=N–C) groups is 1. The van der Waals surface area contributed by atoms with Gasteiger partial charge in [-0.2, -0.15) is 0 Å². The van der Waals surface area contributed by atoms with Crippen molar-refractivity contribution < 1.29 is 14.3 Å². The lowest BCUT2D eigenvalue weighted by Gasteiger charge is -2.29. The van der Waals surface area contributed by atoms with E-state index in [1.807, 2.05) is 25.4 Å². The highest BCUT2D eigenvalue weighted by atomic mass is 16.7.